The first-order valence-corrected chi connectivity index (χ1v) is 10.1. The van der Waals surface area contributed by atoms with Crippen molar-refractivity contribution >= 4 is 39.8 Å². The maximum atomic E-state index is 12.9. The monoisotopic (exact) mass is 422 g/mol. The van der Waals surface area contributed by atoms with Crippen LogP contribution in [0.15, 0.2) is 24.3 Å². The molecule has 0 saturated carbocycles. The summed E-state index contributed by atoms with van der Waals surface area (Å²) in [6, 6.07) is 6.81. The fraction of sp³-hybridized carbons (Fsp3) is 0.400. The number of esters is 1. The molecule has 0 radical (unpaired) electrons. The Morgan fingerprint density at radius 1 is 1.25 bits per heavy atom. The lowest BCUT2D eigenvalue weighted by atomic mass is 10.0. The number of nitrogens with zero attached hydrogens (tertiary/aromatic N) is 1. The van der Waals surface area contributed by atoms with Gasteiger partial charge in [-0.1, -0.05) is 11.6 Å². The molecule has 0 spiro atoms. The number of carbonyl (C=O) groups excluding carboxylic acids is 2. The number of ether oxygens (including phenoxy) is 2. The second-order valence-corrected chi connectivity index (χ2v) is 8.75. The highest BCUT2D eigenvalue weighted by atomic mass is 35.5. The van der Waals surface area contributed by atoms with Crippen molar-refractivity contribution in [2.75, 3.05) is 26.0 Å². The van der Waals surface area contributed by atoms with Gasteiger partial charge >= 0.3 is 5.97 Å². The minimum Gasteiger partial charge on any atom is -0.478 e. The van der Waals surface area contributed by atoms with Gasteiger partial charge in [0.1, 0.15) is 10.8 Å². The number of anilines is 1. The molecule has 8 heteroatoms. The summed E-state index contributed by atoms with van der Waals surface area (Å²) in [7, 11) is 3.38. The van der Waals surface area contributed by atoms with Crippen LogP contribution < -0.4 is 10.1 Å². The van der Waals surface area contributed by atoms with E-state index in [1.807, 2.05) is 7.05 Å². The first kappa shape index (κ1) is 20.6. The van der Waals surface area contributed by atoms with E-state index in [4.69, 9.17) is 21.1 Å². The van der Waals surface area contributed by atoms with E-state index in [0.29, 0.717) is 21.3 Å². The van der Waals surface area contributed by atoms with Crippen molar-refractivity contribution in [2.24, 2.45) is 0 Å². The summed E-state index contributed by atoms with van der Waals surface area (Å²) in [5, 5.41) is 3.97. The number of likely N-dealkylation sites (N-methyl/N-ethyl adjacent to an activating group) is 1. The predicted octanol–water partition coefficient (Wildman–Crippen LogP) is 3.97. The number of hydrogen-bond donors (Lipinski definition) is 1. The van der Waals surface area contributed by atoms with Crippen molar-refractivity contribution in [1.29, 1.82) is 0 Å². The van der Waals surface area contributed by atoms with Crippen molar-refractivity contribution in [1.82, 2.24) is 4.90 Å². The molecule has 0 bridgehead atoms. The van der Waals surface area contributed by atoms with E-state index in [2.05, 4.69) is 10.2 Å². The summed E-state index contributed by atoms with van der Waals surface area (Å²) in [6.45, 7) is 4.95. The zero-order valence-electron chi connectivity index (χ0n) is 16.3. The molecule has 1 aliphatic heterocycles. The molecule has 0 unspecified atom stereocenters. The maximum Gasteiger partial charge on any atom is 0.341 e. The van der Waals surface area contributed by atoms with Crippen LogP contribution in [-0.4, -0.2) is 43.1 Å². The quantitative estimate of drug-likeness (QED) is 0.738. The van der Waals surface area contributed by atoms with Gasteiger partial charge in [-0.15, -0.1) is 11.3 Å². The fourth-order valence-corrected chi connectivity index (χ4v) is 4.47. The molecule has 1 aromatic carbocycles. The number of amides is 1. The van der Waals surface area contributed by atoms with Crippen LogP contribution in [0.3, 0.4) is 0 Å². The van der Waals surface area contributed by atoms with Gasteiger partial charge in [-0.3, -0.25) is 4.79 Å². The molecule has 0 saturated heterocycles. The van der Waals surface area contributed by atoms with Gasteiger partial charge in [0.15, 0.2) is 5.60 Å². The van der Waals surface area contributed by atoms with Crippen molar-refractivity contribution in [2.45, 2.75) is 32.4 Å². The Bertz CT molecular complexity index is 892. The van der Waals surface area contributed by atoms with E-state index in [0.717, 1.165) is 30.0 Å². The summed E-state index contributed by atoms with van der Waals surface area (Å²) in [6.07, 6.45) is 0.743. The molecule has 3 rings (SSSR count). The standard InChI is InChI=1S/C20H23ClN2O4S/c1-20(2,27-13-7-5-12(21)6-8-13)19(25)22-17-16(18(24)26-4)14-9-10-23(3)11-15(14)28-17/h5-8H,9-11H2,1-4H3,(H,22,25). The smallest absolute Gasteiger partial charge is 0.341 e. The fourth-order valence-electron chi connectivity index (χ4n) is 3.03. The average molecular weight is 423 g/mol. The number of fused-ring (bicyclic) bond motifs is 1. The van der Waals surface area contributed by atoms with Crippen molar-refractivity contribution in [3.05, 3.63) is 45.3 Å². The summed E-state index contributed by atoms with van der Waals surface area (Å²) in [5.41, 5.74) is 0.260. The Kier molecular flexibility index (Phi) is 5.98. The second kappa shape index (κ2) is 8.11. The number of nitrogens with one attached hydrogen (secondary N) is 1. The number of methoxy groups -OCH3 is 1. The Balaban J connectivity index is 1.84. The molecule has 0 aliphatic carbocycles. The second-order valence-electron chi connectivity index (χ2n) is 7.21. The topological polar surface area (TPSA) is 67.9 Å². The van der Waals surface area contributed by atoms with Crippen molar-refractivity contribution in [3.63, 3.8) is 0 Å². The Morgan fingerprint density at radius 3 is 2.57 bits per heavy atom. The predicted molar refractivity (Wildman–Crippen MR) is 110 cm³/mol. The zero-order valence-corrected chi connectivity index (χ0v) is 17.9. The number of carbonyl (C=O) groups is 2. The lowest BCUT2D eigenvalue weighted by molar-refractivity contribution is -0.128. The lowest BCUT2D eigenvalue weighted by Crippen LogP contribution is -2.42. The molecular formula is C20H23ClN2O4S. The Labute approximate surface area is 173 Å². The van der Waals surface area contributed by atoms with Gasteiger partial charge in [0.2, 0.25) is 0 Å². The van der Waals surface area contributed by atoms with E-state index in [1.54, 1.807) is 38.1 Å². The normalized spacial score (nSPS) is 14.3. The minimum absolute atomic E-state index is 0.348. The number of rotatable bonds is 5. The largest absolute Gasteiger partial charge is 0.478 e. The first-order chi connectivity index (χ1) is 13.2. The summed E-state index contributed by atoms with van der Waals surface area (Å²) in [5.74, 6) is -0.252. The summed E-state index contributed by atoms with van der Waals surface area (Å²) in [4.78, 5) is 28.6. The van der Waals surface area contributed by atoms with Gasteiger partial charge in [0.25, 0.3) is 5.91 Å². The third kappa shape index (κ3) is 4.32. The highest BCUT2D eigenvalue weighted by molar-refractivity contribution is 7.17. The van der Waals surface area contributed by atoms with Gasteiger partial charge in [-0.25, -0.2) is 4.79 Å². The SMILES string of the molecule is COC(=O)c1c(NC(=O)C(C)(C)Oc2ccc(Cl)cc2)sc2c1CCN(C)C2. The molecule has 0 fully saturated rings. The molecule has 0 atom stereocenters. The minimum atomic E-state index is -1.15. The average Bonchev–Trinajstić information content (AvgIpc) is 2.99. The van der Waals surface area contributed by atoms with Gasteiger partial charge in [-0.05, 0) is 57.1 Å². The van der Waals surface area contributed by atoms with Crippen LogP contribution >= 0.6 is 22.9 Å². The Hall–Kier alpha value is -2.09. The van der Waals surface area contributed by atoms with Crippen molar-refractivity contribution in [3.8, 4) is 5.75 Å². The first-order valence-electron chi connectivity index (χ1n) is 8.88. The van der Waals surface area contributed by atoms with Crippen LogP contribution in [0.1, 0.15) is 34.6 Å². The lowest BCUT2D eigenvalue weighted by Gasteiger charge is -2.25. The molecule has 2 aromatic rings. The molecular weight excluding hydrogens is 400 g/mol. The van der Waals surface area contributed by atoms with E-state index < -0.39 is 11.6 Å². The van der Waals surface area contributed by atoms with Crippen LogP contribution in [0.25, 0.3) is 0 Å². The number of benzene rings is 1. The van der Waals surface area contributed by atoms with Crippen LogP contribution in [-0.2, 0) is 22.5 Å². The van der Waals surface area contributed by atoms with Crippen molar-refractivity contribution < 1.29 is 19.1 Å². The molecule has 1 aliphatic rings. The third-order valence-electron chi connectivity index (χ3n) is 4.60. The molecule has 150 valence electrons. The Morgan fingerprint density at radius 2 is 1.93 bits per heavy atom. The zero-order chi connectivity index (χ0) is 20.5. The van der Waals surface area contributed by atoms with E-state index in [-0.39, 0.29) is 5.91 Å². The van der Waals surface area contributed by atoms with Gasteiger partial charge < -0.3 is 19.7 Å². The molecule has 1 N–H and O–H groups in total. The number of hydrogen-bond acceptors (Lipinski definition) is 6. The summed E-state index contributed by atoms with van der Waals surface area (Å²) >= 11 is 7.31. The van der Waals surface area contributed by atoms with E-state index >= 15 is 0 Å². The molecule has 2 heterocycles. The number of halogens is 1. The highest BCUT2D eigenvalue weighted by Crippen LogP contribution is 2.38. The van der Waals surface area contributed by atoms with E-state index in [9.17, 15) is 9.59 Å². The molecule has 28 heavy (non-hydrogen) atoms. The summed E-state index contributed by atoms with van der Waals surface area (Å²) < 4.78 is 10.8. The van der Waals surface area contributed by atoms with Crippen LogP contribution in [0.4, 0.5) is 5.00 Å². The molecule has 1 amide bonds. The van der Waals surface area contributed by atoms with Gasteiger partial charge in [-0.2, -0.15) is 0 Å². The number of thiophene rings is 1. The van der Waals surface area contributed by atoms with Crippen LogP contribution in [0.2, 0.25) is 5.02 Å². The van der Waals surface area contributed by atoms with E-state index in [1.165, 1.54) is 18.4 Å². The van der Waals surface area contributed by atoms with Crippen LogP contribution in [0.5, 0.6) is 5.75 Å². The molecule has 1 aromatic heterocycles. The maximum absolute atomic E-state index is 12.9. The van der Waals surface area contributed by atoms with Gasteiger partial charge in [0.05, 0.1) is 12.7 Å². The molecule has 6 nitrogen and oxygen atoms in total. The highest BCUT2D eigenvalue weighted by Gasteiger charge is 2.34. The van der Waals surface area contributed by atoms with Crippen LogP contribution in [0, 0.1) is 0 Å². The third-order valence-corrected chi connectivity index (χ3v) is 5.98. The van der Waals surface area contributed by atoms with Gasteiger partial charge in [0, 0.05) is 23.0 Å².